The van der Waals surface area contributed by atoms with Gasteiger partial charge >= 0.3 is 0 Å². The molecular formula is C32H28N4O5S. The molecule has 212 valence electrons. The van der Waals surface area contributed by atoms with E-state index in [0.29, 0.717) is 28.3 Å². The number of nitrogens with two attached hydrogens (primary N) is 1. The Bertz CT molecular complexity index is 1620. The molecule has 0 aromatic heterocycles. The van der Waals surface area contributed by atoms with Crippen LogP contribution in [0.4, 0.5) is 11.4 Å². The maximum absolute atomic E-state index is 13.3. The molecule has 10 heteroatoms. The summed E-state index contributed by atoms with van der Waals surface area (Å²) >= 11 is 1.29. The molecule has 0 saturated heterocycles. The number of methoxy groups -OCH3 is 1. The van der Waals surface area contributed by atoms with E-state index in [1.54, 1.807) is 116 Å². The van der Waals surface area contributed by atoms with Gasteiger partial charge in [0.2, 0.25) is 5.91 Å². The first-order chi connectivity index (χ1) is 20.3. The van der Waals surface area contributed by atoms with E-state index >= 15 is 0 Å². The van der Waals surface area contributed by atoms with Crippen LogP contribution >= 0.6 is 11.8 Å². The Morgan fingerprint density at radius 3 is 2.26 bits per heavy atom. The van der Waals surface area contributed by atoms with Gasteiger partial charge in [-0.1, -0.05) is 42.5 Å². The maximum atomic E-state index is 13.3. The third kappa shape index (κ3) is 8.33. The zero-order valence-electron chi connectivity index (χ0n) is 22.6. The third-order valence-electron chi connectivity index (χ3n) is 5.88. The zero-order chi connectivity index (χ0) is 29.9. The minimum atomic E-state index is -0.627. The molecule has 0 fully saturated rings. The van der Waals surface area contributed by atoms with E-state index in [9.17, 15) is 19.2 Å². The summed E-state index contributed by atoms with van der Waals surface area (Å²) in [5.74, 6) is -1.17. The molecule has 4 rings (SSSR count). The average molecular weight is 581 g/mol. The number of carbonyl (C=O) groups excluding carboxylic acids is 4. The molecule has 0 unspecified atom stereocenters. The van der Waals surface area contributed by atoms with E-state index in [2.05, 4.69) is 16.0 Å². The molecule has 4 aromatic rings. The molecule has 0 bridgehead atoms. The number of carbonyl (C=O) groups is 4. The van der Waals surface area contributed by atoms with Crippen LogP contribution in [-0.2, 0) is 9.59 Å². The van der Waals surface area contributed by atoms with Crippen molar-refractivity contribution in [1.82, 2.24) is 5.32 Å². The largest absolute Gasteiger partial charge is 0.497 e. The van der Waals surface area contributed by atoms with Gasteiger partial charge in [-0.3, -0.25) is 19.2 Å². The number of hydrogen-bond acceptors (Lipinski definition) is 6. The lowest BCUT2D eigenvalue weighted by molar-refractivity contribution is -0.114. The molecule has 4 amide bonds. The van der Waals surface area contributed by atoms with Crippen molar-refractivity contribution in [2.45, 2.75) is 4.90 Å². The Labute approximate surface area is 247 Å². The standard InChI is InChI=1S/C32H28N4O5S/c1-41-24-11-7-8-21(18-24)19-28(36-31(39)22-9-3-2-4-10-22)32(40)34-23-14-16-25(17-15-23)42-20-29(37)35-27-13-6-5-12-26(27)30(33)38/h2-19H,20H2,1H3,(H2,33,38)(H,34,40)(H,35,37)(H,36,39)/b28-19-. The van der Waals surface area contributed by atoms with Crippen LogP contribution in [0.2, 0.25) is 0 Å². The number of amides is 4. The molecular weight excluding hydrogens is 552 g/mol. The molecule has 4 aromatic carbocycles. The van der Waals surface area contributed by atoms with E-state index in [1.165, 1.54) is 11.8 Å². The van der Waals surface area contributed by atoms with Crippen LogP contribution < -0.4 is 26.4 Å². The molecule has 0 radical (unpaired) electrons. The average Bonchev–Trinajstić information content (AvgIpc) is 3.01. The van der Waals surface area contributed by atoms with E-state index in [-0.39, 0.29) is 22.9 Å². The highest BCUT2D eigenvalue weighted by Gasteiger charge is 2.16. The van der Waals surface area contributed by atoms with Gasteiger partial charge in [0, 0.05) is 16.1 Å². The third-order valence-corrected chi connectivity index (χ3v) is 6.89. The van der Waals surface area contributed by atoms with Gasteiger partial charge in [0.1, 0.15) is 11.4 Å². The fourth-order valence-corrected chi connectivity index (χ4v) is 4.51. The lowest BCUT2D eigenvalue weighted by atomic mass is 10.1. The summed E-state index contributed by atoms with van der Waals surface area (Å²) in [5, 5.41) is 8.21. The van der Waals surface area contributed by atoms with Crippen LogP contribution in [0.25, 0.3) is 6.08 Å². The molecule has 0 heterocycles. The molecule has 42 heavy (non-hydrogen) atoms. The number of hydrogen-bond donors (Lipinski definition) is 4. The summed E-state index contributed by atoms with van der Waals surface area (Å²) in [6.07, 6.45) is 1.57. The first-order valence-electron chi connectivity index (χ1n) is 12.8. The van der Waals surface area contributed by atoms with Crippen LogP contribution in [0.15, 0.2) is 114 Å². The Kier molecular flexibility index (Phi) is 10.1. The van der Waals surface area contributed by atoms with Gasteiger partial charge in [-0.25, -0.2) is 0 Å². The number of thioether (sulfide) groups is 1. The van der Waals surface area contributed by atoms with E-state index in [4.69, 9.17) is 10.5 Å². The van der Waals surface area contributed by atoms with Crippen LogP contribution in [0.1, 0.15) is 26.3 Å². The Morgan fingerprint density at radius 2 is 1.55 bits per heavy atom. The Balaban J connectivity index is 1.42. The maximum Gasteiger partial charge on any atom is 0.272 e. The van der Waals surface area contributed by atoms with Gasteiger partial charge in [0.25, 0.3) is 17.7 Å². The lowest BCUT2D eigenvalue weighted by Gasteiger charge is -2.12. The zero-order valence-corrected chi connectivity index (χ0v) is 23.4. The second kappa shape index (κ2) is 14.3. The topological polar surface area (TPSA) is 140 Å². The Hall–Kier alpha value is -5.35. The number of rotatable bonds is 11. The van der Waals surface area contributed by atoms with Crippen molar-refractivity contribution in [3.63, 3.8) is 0 Å². The van der Waals surface area contributed by atoms with E-state index in [1.807, 2.05) is 0 Å². The van der Waals surface area contributed by atoms with Crippen molar-refractivity contribution >= 4 is 52.8 Å². The van der Waals surface area contributed by atoms with Crippen molar-refractivity contribution in [1.29, 1.82) is 0 Å². The van der Waals surface area contributed by atoms with Crippen molar-refractivity contribution in [3.8, 4) is 5.75 Å². The number of ether oxygens (including phenoxy) is 1. The number of nitrogens with one attached hydrogen (secondary N) is 3. The van der Waals surface area contributed by atoms with Crippen molar-refractivity contribution in [2.75, 3.05) is 23.5 Å². The highest BCUT2D eigenvalue weighted by molar-refractivity contribution is 8.00. The van der Waals surface area contributed by atoms with Crippen LogP contribution in [-0.4, -0.2) is 36.5 Å². The molecule has 0 spiro atoms. The highest BCUT2D eigenvalue weighted by atomic mass is 32.2. The normalized spacial score (nSPS) is 10.8. The minimum Gasteiger partial charge on any atom is -0.497 e. The van der Waals surface area contributed by atoms with Crippen LogP contribution in [0, 0.1) is 0 Å². The summed E-state index contributed by atoms with van der Waals surface area (Å²) in [5.41, 5.74) is 7.56. The fourth-order valence-electron chi connectivity index (χ4n) is 3.82. The van der Waals surface area contributed by atoms with Crippen molar-refractivity contribution in [3.05, 3.63) is 126 Å². The van der Waals surface area contributed by atoms with Crippen molar-refractivity contribution < 1.29 is 23.9 Å². The summed E-state index contributed by atoms with van der Waals surface area (Å²) in [4.78, 5) is 50.9. The first-order valence-corrected chi connectivity index (χ1v) is 13.8. The molecule has 0 aliphatic heterocycles. The number of para-hydroxylation sites is 1. The fraction of sp³-hybridized carbons (Fsp3) is 0.0625. The minimum absolute atomic E-state index is 0.0449. The van der Waals surface area contributed by atoms with Gasteiger partial charge in [-0.05, 0) is 72.3 Å². The summed E-state index contributed by atoms with van der Waals surface area (Å²) in [7, 11) is 1.55. The van der Waals surface area contributed by atoms with Gasteiger partial charge in [0.15, 0.2) is 0 Å². The number of anilines is 2. The summed E-state index contributed by atoms with van der Waals surface area (Å²) in [6, 6.07) is 29.1. The molecule has 0 aliphatic rings. The predicted octanol–water partition coefficient (Wildman–Crippen LogP) is 4.93. The summed E-state index contributed by atoms with van der Waals surface area (Å²) in [6.45, 7) is 0. The second-order valence-electron chi connectivity index (χ2n) is 8.88. The molecule has 5 N–H and O–H groups in total. The van der Waals surface area contributed by atoms with E-state index in [0.717, 1.165) is 4.90 Å². The number of primary amides is 1. The van der Waals surface area contributed by atoms with Crippen LogP contribution in [0.3, 0.4) is 0 Å². The lowest BCUT2D eigenvalue weighted by Crippen LogP contribution is -2.30. The van der Waals surface area contributed by atoms with Gasteiger partial charge < -0.3 is 26.4 Å². The second-order valence-corrected chi connectivity index (χ2v) is 9.93. The Morgan fingerprint density at radius 1 is 0.833 bits per heavy atom. The molecule has 0 atom stereocenters. The van der Waals surface area contributed by atoms with Gasteiger partial charge in [-0.15, -0.1) is 11.8 Å². The molecule has 0 saturated carbocycles. The molecule has 9 nitrogen and oxygen atoms in total. The van der Waals surface area contributed by atoms with Gasteiger partial charge in [-0.2, -0.15) is 0 Å². The number of benzene rings is 4. The SMILES string of the molecule is COc1cccc(/C=C(\NC(=O)c2ccccc2)C(=O)Nc2ccc(SCC(=O)Nc3ccccc3C(N)=O)cc2)c1. The van der Waals surface area contributed by atoms with E-state index < -0.39 is 17.7 Å². The first kappa shape index (κ1) is 29.6. The summed E-state index contributed by atoms with van der Waals surface area (Å²) < 4.78 is 5.27. The van der Waals surface area contributed by atoms with Crippen molar-refractivity contribution in [2.24, 2.45) is 5.73 Å². The predicted molar refractivity (Wildman–Crippen MR) is 164 cm³/mol. The van der Waals surface area contributed by atoms with Gasteiger partial charge in [0.05, 0.1) is 24.1 Å². The monoisotopic (exact) mass is 580 g/mol. The quantitative estimate of drug-likeness (QED) is 0.146. The molecule has 0 aliphatic carbocycles. The van der Waals surface area contributed by atoms with Crippen LogP contribution in [0.5, 0.6) is 5.75 Å². The highest BCUT2D eigenvalue weighted by Crippen LogP contribution is 2.22. The smallest absolute Gasteiger partial charge is 0.272 e.